The lowest BCUT2D eigenvalue weighted by atomic mass is 10.1. The molecule has 4 heteroatoms. The Labute approximate surface area is 128 Å². The largest absolute Gasteiger partial charge is 0.487 e. The van der Waals surface area contributed by atoms with Gasteiger partial charge in [0.25, 0.3) is 0 Å². The Morgan fingerprint density at radius 2 is 1.91 bits per heavy atom. The molecule has 1 aromatic heterocycles. The van der Waals surface area contributed by atoms with E-state index in [1.54, 1.807) is 12.1 Å². The highest BCUT2D eigenvalue weighted by Gasteiger charge is 2.11. The molecule has 0 saturated heterocycles. The van der Waals surface area contributed by atoms with Gasteiger partial charge >= 0.3 is 5.97 Å². The van der Waals surface area contributed by atoms with Gasteiger partial charge in [0, 0.05) is 17.4 Å². The number of para-hydroxylation sites is 1. The van der Waals surface area contributed by atoms with E-state index < -0.39 is 5.97 Å². The van der Waals surface area contributed by atoms with Crippen molar-refractivity contribution in [3.63, 3.8) is 0 Å². The van der Waals surface area contributed by atoms with Crippen LogP contribution in [0.15, 0.2) is 54.6 Å². The number of fused-ring (bicyclic) bond motifs is 1. The summed E-state index contributed by atoms with van der Waals surface area (Å²) in [6.45, 7) is 3.26. The SMILES string of the molecule is CCn1c(COc2ccccc2)cc2ccc(C(=O)O)cc21. The first-order valence-electron chi connectivity index (χ1n) is 7.22. The summed E-state index contributed by atoms with van der Waals surface area (Å²) in [5, 5.41) is 10.2. The van der Waals surface area contributed by atoms with Crippen LogP contribution in [-0.2, 0) is 13.2 Å². The van der Waals surface area contributed by atoms with Gasteiger partial charge in [-0.15, -0.1) is 0 Å². The smallest absolute Gasteiger partial charge is 0.335 e. The first-order valence-corrected chi connectivity index (χ1v) is 7.22. The summed E-state index contributed by atoms with van der Waals surface area (Å²) in [5.74, 6) is -0.0885. The second-order valence-corrected chi connectivity index (χ2v) is 5.06. The first kappa shape index (κ1) is 14.2. The summed E-state index contributed by atoms with van der Waals surface area (Å²) < 4.78 is 7.89. The van der Waals surface area contributed by atoms with Crippen LogP contribution in [0.1, 0.15) is 23.0 Å². The average Bonchev–Trinajstić information content (AvgIpc) is 2.90. The molecular weight excluding hydrogens is 278 g/mol. The van der Waals surface area contributed by atoms with E-state index in [-0.39, 0.29) is 0 Å². The van der Waals surface area contributed by atoms with Crippen LogP contribution in [0.3, 0.4) is 0 Å². The second kappa shape index (κ2) is 5.93. The van der Waals surface area contributed by atoms with Crippen molar-refractivity contribution in [3.8, 4) is 5.75 Å². The fourth-order valence-electron chi connectivity index (χ4n) is 2.61. The normalized spacial score (nSPS) is 10.8. The molecule has 3 rings (SSSR count). The Kier molecular flexibility index (Phi) is 3.83. The van der Waals surface area contributed by atoms with Crippen LogP contribution in [0.5, 0.6) is 5.75 Å². The maximum Gasteiger partial charge on any atom is 0.335 e. The monoisotopic (exact) mass is 295 g/mol. The third-order valence-electron chi connectivity index (χ3n) is 3.68. The van der Waals surface area contributed by atoms with Crippen LogP contribution in [0.2, 0.25) is 0 Å². The molecule has 2 aromatic carbocycles. The second-order valence-electron chi connectivity index (χ2n) is 5.06. The number of carboxylic acid groups (broad SMARTS) is 1. The van der Waals surface area contributed by atoms with Crippen LogP contribution in [0.25, 0.3) is 10.9 Å². The van der Waals surface area contributed by atoms with E-state index in [0.717, 1.165) is 28.9 Å². The van der Waals surface area contributed by atoms with E-state index in [4.69, 9.17) is 9.84 Å². The first-order chi connectivity index (χ1) is 10.7. The van der Waals surface area contributed by atoms with Gasteiger partial charge in [-0.25, -0.2) is 4.79 Å². The van der Waals surface area contributed by atoms with Gasteiger partial charge in [0.05, 0.1) is 11.3 Å². The molecule has 0 bridgehead atoms. The summed E-state index contributed by atoms with van der Waals surface area (Å²) in [4.78, 5) is 11.1. The Bertz CT molecular complexity index is 806. The fraction of sp³-hybridized carbons (Fsp3) is 0.167. The van der Waals surface area contributed by atoms with Crippen molar-refractivity contribution >= 4 is 16.9 Å². The third-order valence-corrected chi connectivity index (χ3v) is 3.68. The van der Waals surface area contributed by atoms with Gasteiger partial charge in [-0.05, 0) is 37.3 Å². The average molecular weight is 295 g/mol. The van der Waals surface area contributed by atoms with Gasteiger partial charge in [0.15, 0.2) is 0 Å². The van der Waals surface area contributed by atoms with Gasteiger partial charge in [0.2, 0.25) is 0 Å². The molecule has 0 saturated carbocycles. The van der Waals surface area contributed by atoms with Crippen molar-refractivity contribution in [2.45, 2.75) is 20.1 Å². The topological polar surface area (TPSA) is 51.5 Å². The summed E-state index contributed by atoms with van der Waals surface area (Å²) in [7, 11) is 0. The number of aryl methyl sites for hydroxylation is 1. The maximum atomic E-state index is 11.1. The van der Waals surface area contributed by atoms with Crippen LogP contribution in [-0.4, -0.2) is 15.6 Å². The van der Waals surface area contributed by atoms with Crippen molar-refractivity contribution in [1.82, 2.24) is 4.57 Å². The predicted octanol–water partition coefficient (Wildman–Crippen LogP) is 3.94. The third kappa shape index (κ3) is 2.68. The molecule has 112 valence electrons. The number of aromatic carboxylic acids is 1. The molecule has 0 aliphatic rings. The summed E-state index contributed by atoms with van der Waals surface area (Å²) in [6.07, 6.45) is 0. The highest BCUT2D eigenvalue weighted by atomic mass is 16.5. The van der Waals surface area contributed by atoms with Crippen molar-refractivity contribution in [2.24, 2.45) is 0 Å². The van der Waals surface area contributed by atoms with Gasteiger partial charge < -0.3 is 14.4 Å². The van der Waals surface area contributed by atoms with E-state index in [1.807, 2.05) is 49.4 Å². The Morgan fingerprint density at radius 1 is 1.14 bits per heavy atom. The molecule has 0 fully saturated rings. The molecule has 0 spiro atoms. The number of hydrogen-bond donors (Lipinski definition) is 1. The predicted molar refractivity (Wildman–Crippen MR) is 85.3 cm³/mol. The molecule has 1 heterocycles. The van der Waals surface area contributed by atoms with Gasteiger partial charge in [0.1, 0.15) is 12.4 Å². The number of hydrogen-bond acceptors (Lipinski definition) is 2. The number of carboxylic acids is 1. The van der Waals surface area contributed by atoms with E-state index in [9.17, 15) is 4.79 Å². The Hall–Kier alpha value is -2.75. The van der Waals surface area contributed by atoms with Crippen molar-refractivity contribution < 1.29 is 14.6 Å². The molecule has 0 unspecified atom stereocenters. The Balaban J connectivity index is 1.94. The fourth-order valence-corrected chi connectivity index (χ4v) is 2.61. The van der Waals surface area contributed by atoms with E-state index >= 15 is 0 Å². The van der Waals surface area contributed by atoms with Crippen molar-refractivity contribution in [3.05, 3.63) is 65.9 Å². The number of ether oxygens (including phenoxy) is 1. The van der Waals surface area contributed by atoms with Gasteiger partial charge in [-0.1, -0.05) is 24.3 Å². The lowest BCUT2D eigenvalue weighted by Gasteiger charge is -2.10. The minimum absolute atomic E-state index is 0.302. The van der Waals surface area contributed by atoms with Crippen LogP contribution in [0.4, 0.5) is 0 Å². The molecule has 0 aliphatic heterocycles. The minimum Gasteiger partial charge on any atom is -0.487 e. The molecule has 3 aromatic rings. The van der Waals surface area contributed by atoms with Crippen molar-refractivity contribution in [1.29, 1.82) is 0 Å². The van der Waals surface area contributed by atoms with E-state index in [2.05, 4.69) is 4.57 Å². The van der Waals surface area contributed by atoms with E-state index in [1.165, 1.54) is 0 Å². The number of aromatic nitrogens is 1. The molecular formula is C18H17NO3. The quantitative estimate of drug-likeness (QED) is 0.775. The van der Waals surface area contributed by atoms with E-state index in [0.29, 0.717) is 12.2 Å². The number of benzene rings is 2. The van der Waals surface area contributed by atoms with Gasteiger partial charge in [-0.3, -0.25) is 0 Å². The maximum absolute atomic E-state index is 11.1. The zero-order chi connectivity index (χ0) is 15.5. The summed E-state index contributed by atoms with van der Waals surface area (Å²) >= 11 is 0. The highest BCUT2D eigenvalue weighted by molar-refractivity contribution is 5.93. The molecule has 22 heavy (non-hydrogen) atoms. The summed E-state index contributed by atoms with van der Waals surface area (Å²) in [5.41, 5.74) is 2.26. The Morgan fingerprint density at radius 3 is 2.59 bits per heavy atom. The number of nitrogens with zero attached hydrogens (tertiary/aromatic N) is 1. The van der Waals surface area contributed by atoms with Crippen LogP contribution < -0.4 is 4.74 Å². The zero-order valence-electron chi connectivity index (χ0n) is 12.3. The standard InChI is InChI=1S/C18H17NO3/c1-2-19-15(12-22-16-6-4-3-5-7-16)10-13-8-9-14(18(20)21)11-17(13)19/h3-11H,2,12H2,1H3,(H,20,21). The summed E-state index contributed by atoms with van der Waals surface area (Å²) in [6, 6.07) is 16.9. The zero-order valence-corrected chi connectivity index (χ0v) is 12.3. The van der Waals surface area contributed by atoms with Gasteiger partial charge in [-0.2, -0.15) is 0 Å². The lowest BCUT2D eigenvalue weighted by molar-refractivity contribution is 0.0697. The van der Waals surface area contributed by atoms with Crippen molar-refractivity contribution in [2.75, 3.05) is 0 Å². The molecule has 0 radical (unpaired) electrons. The van der Waals surface area contributed by atoms with Crippen LogP contribution >= 0.6 is 0 Å². The molecule has 0 aliphatic carbocycles. The molecule has 1 N–H and O–H groups in total. The van der Waals surface area contributed by atoms with Crippen LogP contribution in [0, 0.1) is 0 Å². The highest BCUT2D eigenvalue weighted by Crippen LogP contribution is 2.23. The molecule has 0 atom stereocenters. The lowest BCUT2D eigenvalue weighted by Crippen LogP contribution is -2.05. The minimum atomic E-state index is -0.909. The number of rotatable bonds is 5. The molecule has 4 nitrogen and oxygen atoms in total. The molecule has 0 amide bonds. The number of carbonyl (C=O) groups is 1.